The minimum Gasteiger partial charge on any atom is -0.497 e. The van der Waals surface area contributed by atoms with E-state index in [9.17, 15) is 9.59 Å². The average Bonchev–Trinajstić information content (AvgIpc) is 2.62. The van der Waals surface area contributed by atoms with E-state index in [1.165, 1.54) is 7.11 Å². The molecule has 130 valence electrons. The third-order valence-electron chi connectivity index (χ3n) is 3.90. The maximum absolute atomic E-state index is 12.3. The number of benzene rings is 2. The number of nitrogens with one attached hydrogen (secondary N) is 3. The van der Waals surface area contributed by atoms with Crippen LogP contribution in [0.1, 0.15) is 6.42 Å². The fraction of sp³-hybridized carbons (Fsp3) is 0.222. The molecular weight excluding hydrogens is 322 g/mol. The summed E-state index contributed by atoms with van der Waals surface area (Å²) in [5, 5.41) is 8.65. The third-order valence-corrected chi connectivity index (χ3v) is 3.90. The number of hydrogen-bond acceptors (Lipinski definition) is 5. The molecule has 0 spiro atoms. The first-order valence-electron chi connectivity index (χ1n) is 7.79. The van der Waals surface area contributed by atoms with E-state index in [0.717, 1.165) is 5.69 Å². The zero-order valence-corrected chi connectivity index (χ0v) is 14.0. The van der Waals surface area contributed by atoms with Gasteiger partial charge in [0.05, 0.1) is 37.7 Å². The van der Waals surface area contributed by atoms with E-state index in [1.54, 1.807) is 31.4 Å². The van der Waals surface area contributed by atoms with Gasteiger partial charge in [0.25, 0.3) is 0 Å². The van der Waals surface area contributed by atoms with E-state index in [1.807, 2.05) is 18.2 Å². The van der Waals surface area contributed by atoms with Gasteiger partial charge in [0, 0.05) is 6.07 Å². The fourth-order valence-corrected chi connectivity index (χ4v) is 2.62. The Labute approximate surface area is 145 Å². The van der Waals surface area contributed by atoms with Crippen LogP contribution in [0.15, 0.2) is 42.5 Å². The monoisotopic (exact) mass is 341 g/mol. The van der Waals surface area contributed by atoms with E-state index in [4.69, 9.17) is 9.47 Å². The second-order valence-corrected chi connectivity index (χ2v) is 5.55. The smallest absolute Gasteiger partial charge is 0.247 e. The normalized spacial score (nSPS) is 15.4. The second-order valence-electron chi connectivity index (χ2n) is 5.55. The number of methoxy groups -OCH3 is 2. The lowest BCUT2D eigenvalue weighted by Crippen LogP contribution is -2.41. The Kier molecular flexibility index (Phi) is 4.74. The molecule has 0 aliphatic carbocycles. The summed E-state index contributed by atoms with van der Waals surface area (Å²) in [4.78, 5) is 24.5. The third kappa shape index (κ3) is 3.65. The highest BCUT2D eigenvalue weighted by Crippen LogP contribution is 2.30. The minimum absolute atomic E-state index is 0.00461. The summed E-state index contributed by atoms with van der Waals surface area (Å²) in [6.07, 6.45) is -0.00461. The predicted octanol–water partition coefficient (Wildman–Crippen LogP) is 2.47. The van der Waals surface area contributed by atoms with Crippen LogP contribution in [0.25, 0.3) is 0 Å². The molecule has 0 unspecified atom stereocenters. The van der Waals surface area contributed by atoms with Crippen LogP contribution in [0.4, 0.5) is 17.1 Å². The van der Waals surface area contributed by atoms with E-state index in [-0.39, 0.29) is 18.2 Å². The molecule has 1 heterocycles. The number of amides is 2. The number of rotatable bonds is 5. The summed E-state index contributed by atoms with van der Waals surface area (Å²) >= 11 is 0. The van der Waals surface area contributed by atoms with Gasteiger partial charge in [0.2, 0.25) is 11.8 Å². The van der Waals surface area contributed by atoms with Gasteiger partial charge in [0.15, 0.2) is 0 Å². The Morgan fingerprint density at radius 2 is 1.88 bits per heavy atom. The van der Waals surface area contributed by atoms with Crippen molar-refractivity contribution in [2.24, 2.45) is 0 Å². The molecule has 2 aromatic rings. The number of para-hydroxylation sites is 2. The van der Waals surface area contributed by atoms with Gasteiger partial charge >= 0.3 is 0 Å². The fourth-order valence-electron chi connectivity index (χ4n) is 2.62. The zero-order valence-electron chi connectivity index (χ0n) is 14.0. The summed E-state index contributed by atoms with van der Waals surface area (Å²) in [5.41, 5.74) is 2.02. The Hall–Kier alpha value is -3.22. The van der Waals surface area contributed by atoms with Crippen molar-refractivity contribution in [2.45, 2.75) is 12.5 Å². The highest BCUT2D eigenvalue weighted by Gasteiger charge is 2.27. The van der Waals surface area contributed by atoms with Gasteiger partial charge in [-0.1, -0.05) is 12.1 Å². The average molecular weight is 341 g/mol. The van der Waals surface area contributed by atoms with E-state index < -0.39 is 6.04 Å². The quantitative estimate of drug-likeness (QED) is 0.777. The lowest BCUT2D eigenvalue weighted by Gasteiger charge is -2.26. The number of hydrogen-bond donors (Lipinski definition) is 3. The lowest BCUT2D eigenvalue weighted by atomic mass is 10.1. The Morgan fingerprint density at radius 3 is 2.60 bits per heavy atom. The first kappa shape index (κ1) is 16.6. The molecule has 0 saturated heterocycles. The van der Waals surface area contributed by atoms with E-state index >= 15 is 0 Å². The SMILES string of the molecule is COc1ccc(NC(=O)C[C@@H]2Nc3ccccc3NC2=O)c(OC)c1. The predicted molar refractivity (Wildman–Crippen MR) is 95.3 cm³/mol. The van der Waals surface area contributed by atoms with Crippen molar-refractivity contribution in [3.05, 3.63) is 42.5 Å². The Morgan fingerprint density at radius 1 is 1.12 bits per heavy atom. The van der Waals surface area contributed by atoms with Crippen molar-refractivity contribution in [3.8, 4) is 11.5 Å². The molecule has 3 rings (SSSR count). The van der Waals surface area contributed by atoms with Crippen molar-refractivity contribution in [1.82, 2.24) is 0 Å². The summed E-state index contributed by atoms with van der Waals surface area (Å²) in [7, 11) is 3.07. The number of carbonyl (C=O) groups is 2. The molecule has 1 aliphatic heterocycles. The summed E-state index contributed by atoms with van der Waals surface area (Å²) in [5.74, 6) is 0.574. The highest BCUT2D eigenvalue weighted by atomic mass is 16.5. The van der Waals surface area contributed by atoms with Crippen molar-refractivity contribution < 1.29 is 19.1 Å². The molecular formula is C18H19N3O4. The molecule has 3 N–H and O–H groups in total. The van der Waals surface area contributed by atoms with Crippen LogP contribution in [0, 0.1) is 0 Å². The van der Waals surface area contributed by atoms with Gasteiger partial charge in [-0.2, -0.15) is 0 Å². The largest absolute Gasteiger partial charge is 0.497 e. The molecule has 1 atom stereocenters. The van der Waals surface area contributed by atoms with Crippen LogP contribution in [0.3, 0.4) is 0 Å². The van der Waals surface area contributed by atoms with Gasteiger partial charge in [0.1, 0.15) is 17.5 Å². The number of ether oxygens (including phenoxy) is 2. The van der Waals surface area contributed by atoms with E-state index in [0.29, 0.717) is 22.9 Å². The van der Waals surface area contributed by atoms with E-state index in [2.05, 4.69) is 16.0 Å². The van der Waals surface area contributed by atoms with Crippen molar-refractivity contribution in [3.63, 3.8) is 0 Å². The van der Waals surface area contributed by atoms with Gasteiger partial charge in [-0.15, -0.1) is 0 Å². The standard InChI is InChI=1S/C18H19N3O4/c1-24-11-7-8-14(16(9-11)25-2)20-17(22)10-15-18(23)21-13-6-4-3-5-12(13)19-15/h3-9,15,19H,10H2,1-2H3,(H,20,22)(H,21,23)/t15-/m0/s1. The molecule has 0 saturated carbocycles. The molecule has 1 aliphatic rings. The first-order valence-corrected chi connectivity index (χ1v) is 7.79. The topological polar surface area (TPSA) is 88.7 Å². The Bertz CT molecular complexity index is 807. The second kappa shape index (κ2) is 7.12. The first-order chi connectivity index (χ1) is 12.1. The summed E-state index contributed by atoms with van der Waals surface area (Å²) in [6, 6.07) is 11.8. The minimum atomic E-state index is -0.640. The van der Waals surface area contributed by atoms with Gasteiger partial charge in [-0.3, -0.25) is 9.59 Å². The van der Waals surface area contributed by atoms with Crippen LogP contribution < -0.4 is 25.4 Å². The van der Waals surface area contributed by atoms with Crippen LogP contribution in [0.5, 0.6) is 11.5 Å². The summed E-state index contributed by atoms with van der Waals surface area (Å²) < 4.78 is 10.4. The molecule has 0 radical (unpaired) electrons. The highest BCUT2D eigenvalue weighted by molar-refractivity contribution is 6.06. The molecule has 25 heavy (non-hydrogen) atoms. The summed E-state index contributed by atoms with van der Waals surface area (Å²) in [6.45, 7) is 0. The molecule has 7 heteroatoms. The van der Waals surface area contributed by atoms with Crippen molar-refractivity contribution in [2.75, 3.05) is 30.2 Å². The number of anilines is 3. The maximum Gasteiger partial charge on any atom is 0.247 e. The van der Waals surface area contributed by atoms with Crippen molar-refractivity contribution in [1.29, 1.82) is 0 Å². The molecule has 2 aromatic carbocycles. The molecule has 0 fully saturated rings. The van der Waals surface area contributed by atoms with Gasteiger partial charge in [-0.05, 0) is 24.3 Å². The molecule has 7 nitrogen and oxygen atoms in total. The molecule has 0 aromatic heterocycles. The van der Waals surface area contributed by atoms with Crippen LogP contribution in [0.2, 0.25) is 0 Å². The Balaban J connectivity index is 1.68. The maximum atomic E-state index is 12.3. The molecule has 0 bridgehead atoms. The molecule has 2 amide bonds. The lowest BCUT2D eigenvalue weighted by molar-refractivity contribution is -0.122. The van der Waals surface area contributed by atoms with Crippen LogP contribution in [-0.2, 0) is 9.59 Å². The van der Waals surface area contributed by atoms with Crippen LogP contribution in [-0.4, -0.2) is 32.1 Å². The number of carbonyl (C=O) groups excluding carboxylic acids is 2. The van der Waals surface area contributed by atoms with Gasteiger partial charge < -0.3 is 25.4 Å². The number of fused-ring (bicyclic) bond motifs is 1. The zero-order chi connectivity index (χ0) is 17.8. The van der Waals surface area contributed by atoms with Gasteiger partial charge in [-0.25, -0.2) is 0 Å². The van der Waals surface area contributed by atoms with Crippen LogP contribution >= 0.6 is 0 Å². The van der Waals surface area contributed by atoms with Crippen molar-refractivity contribution >= 4 is 28.9 Å².